The molecule has 0 saturated carbocycles. The van der Waals surface area contributed by atoms with Crippen LogP contribution in [0.3, 0.4) is 0 Å². The van der Waals surface area contributed by atoms with Crippen LogP contribution < -0.4 is 5.73 Å². The molecule has 0 atom stereocenters. The monoisotopic (exact) mass is 210 g/mol. The second-order valence-corrected chi connectivity index (χ2v) is 2.89. The predicted octanol–water partition coefficient (Wildman–Crippen LogP) is 1.27. The summed E-state index contributed by atoms with van der Waals surface area (Å²) in [5.74, 6) is -0.824. The fourth-order valence-electron chi connectivity index (χ4n) is 1.11. The van der Waals surface area contributed by atoms with E-state index in [9.17, 15) is 4.79 Å². The maximum atomic E-state index is 11.3. The Morgan fingerprint density at radius 2 is 2.29 bits per heavy atom. The van der Waals surface area contributed by atoms with Gasteiger partial charge in [0.1, 0.15) is 11.8 Å². The van der Waals surface area contributed by atoms with Gasteiger partial charge in [0.15, 0.2) is 5.78 Å². The zero-order valence-corrected chi connectivity index (χ0v) is 7.88. The van der Waals surface area contributed by atoms with Crippen molar-refractivity contribution in [3.8, 4) is 11.8 Å². The van der Waals surface area contributed by atoms with Crippen molar-refractivity contribution in [1.82, 2.24) is 0 Å². The maximum Gasteiger partial charge on any atom is 0.180 e. The Bertz CT molecular complexity index is 424. The van der Waals surface area contributed by atoms with Crippen LogP contribution >= 0.6 is 11.6 Å². The minimum atomic E-state index is -0.430. The van der Waals surface area contributed by atoms with Crippen LogP contribution in [-0.4, -0.2) is 16.8 Å². The summed E-state index contributed by atoms with van der Waals surface area (Å²) >= 11 is 5.35. The number of carbonyl (C=O) groups excluding carboxylic acids is 1. The SMILES string of the molecule is N#Cc1cc(O)cc(N)c1C(=O)CCl. The van der Waals surface area contributed by atoms with E-state index in [2.05, 4.69) is 0 Å². The van der Waals surface area contributed by atoms with Crippen LogP contribution in [0.1, 0.15) is 15.9 Å². The largest absolute Gasteiger partial charge is 0.508 e. The number of aromatic hydroxyl groups is 1. The molecule has 1 aromatic carbocycles. The van der Waals surface area contributed by atoms with Crippen molar-refractivity contribution in [3.63, 3.8) is 0 Å². The molecular formula is C9H7ClN2O2. The van der Waals surface area contributed by atoms with Gasteiger partial charge >= 0.3 is 0 Å². The fourth-order valence-corrected chi connectivity index (χ4v) is 1.25. The van der Waals surface area contributed by atoms with Gasteiger partial charge in [0, 0.05) is 11.8 Å². The molecule has 1 aromatic rings. The number of rotatable bonds is 2. The molecule has 0 fully saturated rings. The minimum Gasteiger partial charge on any atom is -0.508 e. The smallest absolute Gasteiger partial charge is 0.180 e. The number of phenolic OH excluding ortho intramolecular Hbond substituents is 1. The van der Waals surface area contributed by atoms with Gasteiger partial charge in [-0.25, -0.2) is 0 Å². The van der Waals surface area contributed by atoms with Gasteiger partial charge in [-0.2, -0.15) is 5.26 Å². The molecule has 14 heavy (non-hydrogen) atoms. The zero-order valence-electron chi connectivity index (χ0n) is 7.12. The van der Waals surface area contributed by atoms with Crippen molar-refractivity contribution >= 4 is 23.1 Å². The lowest BCUT2D eigenvalue weighted by Crippen LogP contribution is -2.07. The molecule has 5 heteroatoms. The van der Waals surface area contributed by atoms with Gasteiger partial charge in [0.05, 0.1) is 17.0 Å². The van der Waals surface area contributed by atoms with Gasteiger partial charge in [0.2, 0.25) is 0 Å². The maximum absolute atomic E-state index is 11.3. The highest BCUT2D eigenvalue weighted by Crippen LogP contribution is 2.24. The molecule has 0 unspecified atom stereocenters. The van der Waals surface area contributed by atoms with E-state index in [0.717, 1.165) is 0 Å². The average Bonchev–Trinajstić information content (AvgIpc) is 2.15. The summed E-state index contributed by atoms with van der Waals surface area (Å²) in [6.07, 6.45) is 0. The van der Waals surface area contributed by atoms with Crippen LogP contribution in [0, 0.1) is 11.3 Å². The number of hydrogen-bond acceptors (Lipinski definition) is 4. The van der Waals surface area contributed by atoms with E-state index >= 15 is 0 Å². The van der Waals surface area contributed by atoms with Gasteiger partial charge in [-0.05, 0) is 6.07 Å². The van der Waals surface area contributed by atoms with E-state index < -0.39 is 5.78 Å². The van der Waals surface area contributed by atoms with Crippen LogP contribution in [0.5, 0.6) is 5.75 Å². The third kappa shape index (κ3) is 1.78. The Balaban J connectivity index is 3.42. The van der Waals surface area contributed by atoms with Crippen molar-refractivity contribution in [3.05, 3.63) is 23.3 Å². The van der Waals surface area contributed by atoms with Crippen LogP contribution in [0.2, 0.25) is 0 Å². The van der Waals surface area contributed by atoms with Crippen molar-refractivity contribution in [2.24, 2.45) is 0 Å². The molecule has 0 amide bonds. The van der Waals surface area contributed by atoms with Crippen molar-refractivity contribution in [1.29, 1.82) is 5.26 Å². The fraction of sp³-hybridized carbons (Fsp3) is 0.111. The lowest BCUT2D eigenvalue weighted by Gasteiger charge is -2.05. The Labute approximate surface area is 85.5 Å². The number of phenols is 1. The highest BCUT2D eigenvalue weighted by atomic mass is 35.5. The molecule has 72 valence electrons. The number of alkyl halides is 1. The van der Waals surface area contributed by atoms with Gasteiger partial charge in [-0.1, -0.05) is 0 Å². The van der Waals surface area contributed by atoms with Gasteiger partial charge < -0.3 is 10.8 Å². The van der Waals surface area contributed by atoms with Crippen molar-refractivity contribution in [2.45, 2.75) is 0 Å². The molecular weight excluding hydrogens is 204 g/mol. The molecule has 0 radical (unpaired) electrons. The molecule has 0 aromatic heterocycles. The first kappa shape index (κ1) is 10.4. The summed E-state index contributed by atoms with van der Waals surface area (Å²) in [4.78, 5) is 11.3. The summed E-state index contributed by atoms with van der Waals surface area (Å²) in [7, 11) is 0. The molecule has 4 nitrogen and oxygen atoms in total. The third-order valence-electron chi connectivity index (χ3n) is 1.67. The minimum absolute atomic E-state index is 0.0353. The first-order chi connectivity index (χ1) is 6.60. The molecule has 0 heterocycles. The number of nitrogens with two attached hydrogens (primary N) is 1. The Kier molecular flexibility index (Phi) is 2.95. The lowest BCUT2D eigenvalue weighted by molar-refractivity contribution is 0.102. The summed E-state index contributed by atoms with van der Waals surface area (Å²) in [5, 5.41) is 17.8. The average molecular weight is 211 g/mol. The first-order valence-corrected chi connectivity index (χ1v) is 4.25. The topological polar surface area (TPSA) is 87.1 Å². The molecule has 3 N–H and O–H groups in total. The van der Waals surface area contributed by atoms with Crippen LogP contribution in [0.4, 0.5) is 5.69 Å². The summed E-state index contributed by atoms with van der Waals surface area (Å²) in [5.41, 5.74) is 5.65. The molecule has 0 spiro atoms. The van der Waals surface area contributed by atoms with E-state index in [1.165, 1.54) is 12.1 Å². The Hall–Kier alpha value is -1.73. The van der Waals surface area contributed by atoms with E-state index in [4.69, 9.17) is 27.7 Å². The van der Waals surface area contributed by atoms with Crippen molar-refractivity contribution in [2.75, 3.05) is 11.6 Å². The number of Topliss-reactive ketones (excluding diaryl/α,β-unsaturated/α-hetero) is 1. The number of carbonyl (C=O) groups is 1. The normalized spacial score (nSPS) is 9.43. The number of ketones is 1. The van der Waals surface area contributed by atoms with Crippen molar-refractivity contribution < 1.29 is 9.90 Å². The van der Waals surface area contributed by atoms with E-state index in [-0.39, 0.29) is 28.4 Å². The quantitative estimate of drug-likeness (QED) is 0.437. The first-order valence-electron chi connectivity index (χ1n) is 3.72. The van der Waals surface area contributed by atoms with E-state index in [1.54, 1.807) is 6.07 Å². The summed E-state index contributed by atoms with van der Waals surface area (Å²) in [6.45, 7) is 0. The van der Waals surface area contributed by atoms with Crippen LogP contribution in [0.15, 0.2) is 12.1 Å². The number of hydrogen-bond donors (Lipinski definition) is 2. The second-order valence-electron chi connectivity index (χ2n) is 2.63. The molecule has 0 bridgehead atoms. The zero-order chi connectivity index (χ0) is 10.7. The third-order valence-corrected chi connectivity index (χ3v) is 1.92. The van der Waals surface area contributed by atoms with Gasteiger partial charge in [0.25, 0.3) is 0 Å². The van der Waals surface area contributed by atoms with E-state index in [0.29, 0.717) is 0 Å². The van der Waals surface area contributed by atoms with Gasteiger partial charge in [-0.15, -0.1) is 11.6 Å². The number of anilines is 1. The number of nitrogens with zero attached hydrogens (tertiary/aromatic N) is 1. The molecule has 0 aliphatic carbocycles. The molecule has 0 aliphatic heterocycles. The Morgan fingerprint density at radius 1 is 1.64 bits per heavy atom. The van der Waals surface area contributed by atoms with Gasteiger partial charge in [-0.3, -0.25) is 4.79 Å². The molecule has 0 saturated heterocycles. The lowest BCUT2D eigenvalue weighted by atomic mass is 10.0. The number of halogens is 1. The number of nitriles is 1. The van der Waals surface area contributed by atoms with E-state index in [1.807, 2.05) is 0 Å². The summed E-state index contributed by atoms with van der Waals surface area (Å²) in [6, 6.07) is 4.16. The second kappa shape index (κ2) is 3.99. The molecule has 1 rings (SSSR count). The highest BCUT2D eigenvalue weighted by Gasteiger charge is 2.15. The van der Waals surface area contributed by atoms with Crippen LogP contribution in [0.25, 0.3) is 0 Å². The number of nitrogen functional groups attached to an aromatic ring is 1. The number of benzene rings is 1. The standard InChI is InChI=1S/C9H7ClN2O2/c10-3-8(14)9-5(4-11)1-6(13)2-7(9)12/h1-2,13H,3,12H2. The summed E-state index contributed by atoms with van der Waals surface area (Å²) < 4.78 is 0. The Morgan fingerprint density at radius 3 is 2.79 bits per heavy atom. The predicted molar refractivity (Wildman–Crippen MR) is 52.3 cm³/mol. The molecule has 0 aliphatic rings. The highest BCUT2D eigenvalue weighted by molar-refractivity contribution is 6.31. The van der Waals surface area contributed by atoms with Crippen LogP contribution in [-0.2, 0) is 0 Å².